The Morgan fingerprint density at radius 3 is 1.83 bits per heavy atom. The van der Waals surface area contributed by atoms with E-state index < -0.39 is 18.1 Å². The smallest absolute Gasteiger partial charge is 0.303 e. The van der Waals surface area contributed by atoms with Gasteiger partial charge in [-0.25, -0.2) is 0 Å². The van der Waals surface area contributed by atoms with Crippen LogP contribution in [0.15, 0.2) is 115 Å². The lowest BCUT2D eigenvalue weighted by Gasteiger charge is -2.35. The third-order valence-corrected chi connectivity index (χ3v) is 6.85. The van der Waals surface area contributed by atoms with E-state index in [0.717, 1.165) is 16.7 Å². The maximum atomic E-state index is 14.5. The molecule has 0 aliphatic rings. The van der Waals surface area contributed by atoms with Gasteiger partial charge < -0.3 is 20.1 Å². The van der Waals surface area contributed by atoms with E-state index in [1.54, 1.807) is 36.3 Å². The summed E-state index contributed by atoms with van der Waals surface area (Å²) in [6.45, 7) is 0.198. The Bertz CT molecular complexity index is 1370. The van der Waals surface area contributed by atoms with E-state index in [-0.39, 0.29) is 37.6 Å². The Kier molecular flexibility index (Phi) is 10.3. The molecule has 2 amide bonds. The molecule has 41 heavy (non-hydrogen) atoms. The first-order valence-corrected chi connectivity index (χ1v) is 13.6. The second-order valence-electron chi connectivity index (χ2n) is 9.70. The van der Waals surface area contributed by atoms with E-state index >= 15 is 0 Å². The number of nitrogens with one attached hydrogen (secondary N) is 1. The summed E-state index contributed by atoms with van der Waals surface area (Å²) in [6.07, 6.45) is 0.455. The number of hydrogen-bond acceptors (Lipinski definition) is 4. The summed E-state index contributed by atoms with van der Waals surface area (Å²) in [4.78, 5) is 41.0. The monoisotopic (exact) mass is 550 g/mol. The van der Waals surface area contributed by atoms with Gasteiger partial charge in [0.15, 0.2) is 0 Å². The number of carboxylic acid groups (broad SMARTS) is 1. The molecule has 1 atom stereocenters. The number of benzene rings is 4. The summed E-state index contributed by atoms with van der Waals surface area (Å²) in [6, 6.07) is 34.1. The average Bonchev–Trinajstić information content (AvgIpc) is 3.01. The first kappa shape index (κ1) is 29.1. The van der Waals surface area contributed by atoms with Crippen molar-refractivity contribution in [2.24, 2.45) is 0 Å². The van der Waals surface area contributed by atoms with Crippen LogP contribution in [0.25, 0.3) is 0 Å². The van der Waals surface area contributed by atoms with Crippen molar-refractivity contribution in [3.05, 3.63) is 138 Å². The van der Waals surface area contributed by atoms with Gasteiger partial charge in [0, 0.05) is 24.9 Å². The fourth-order valence-electron chi connectivity index (χ4n) is 4.82. The predicted octanol–water partition coefficient (Wildman–Crippen LogP) is 5.52. The number of methoxy groups -OCH3 is 1. The van der Waals surface area contributed by atoms with E-state index in [0.29, 0.717) is 11.3 Å². The number of rotatable bonds is 13. The minimum atomic E-state index is -0.929. The van der Waals surface area contributed by atoms with Crippen LogP contribution in [0.1, 0.15) is 45.9 Å². The molecular weight excluding hydrogens is 516 g/mol. The van der Waals surface area contributed by atoms with E-state index in [1.165, 1.54) is 0 Å². The molecule has 4 aromatic rings. The molecule has 0 saturated heterocycles. The van der Waals surface area contributed by atoms with Crippen molar-refractivity contribution in [1.29, 1.82) is 0 Å². The van der Waals surface area contributed by atoms with Crippen molar-refractivity contribution < 1.29 is 24.2 Å². The average molecular weight is 551 g/mol. The molecule has 0 heterocycles. The largest absolute Gasteiger partial charge is 0.497 e. The second kappa shape index (κ2) is 14.5. The van der Waals surface area contributed by atoms with Crippen molar-refractivity contribution in [3.8, 4) is 5.75 Å². The van der Waals surface area contributed by atoms with Crippen LogP contribution in [0.4, 0.5) is 0 Å². The maximum Gasteiger partial charge on any atom is 0.303 e. The molecule has 0 spiro atoms. The van der Waals surface area contributed by atoms with Crippen LogP contribution in [0.3, 0.4) is 0 Å². The normalized spacial score (nSPS) is 11.5. The second-order valence-corrected chi connectivity index (χ2v) is 9.70. The number of nitrogens with zero attached hydrogens (tertiary/aromatic N) is 1. The van der Waals surface area contributed by atoms with Gasteiger partial charge in [-0.3, -0.25) is 14.4 Å². The fourth-order valence-corrected chi connectivity index (χ4v) is 4.82. The summed E-state index contributed by atoms with van der Waals surface area (Å²) < 4.78 is 5.21. The highest BCUT2D eigenvalue weighted by atomic mass is 16.5. The first-order valence-electron chi connectivity index (χ1n) is 13.6. The molecule has 7 heteroatoms. The van der Waals surface area contributed by atoms with Crippen molar-refractivity contribution in [1.82, 2.24) is 10.2 Å². The number of carbonyl (C=O) groups excluding carboxylic acids is 2. The number of hydrogen-bond donors (Lipinski definition) is 2. The van der Waals surface area contributed by atoms with E-state index in [1.807, 2.05) is 91.0 Å². The van der Waals surface area contributed by atoms with Crippen molar-refractivity contribution in [3.63, 3.8) is 0 Å². The number of carbonyl (C=O) groups is 3. The molecule has 0 bridgehead atoms. The summed E-state index contributed by atoms with van der Waals surface area (Å²) in [5.41, 5.74) is 3.07. The lowest BCUT2D eigenvalue weighted by molar-refractivity contribution is -0.139. The number of ether oxygens (including phenoxy) is 1. The molecule has 210 valence electrons. The molecule has 2 N–H and O–H groups in total. The molecule has 0 aromatic heterocycles. The molecule has 0 saturated carbocycles. The Morgan fingerprint density at radius 2 is 1.32 bits per heavy atom. The third kappa shape index (κ3) is 8.05. The topological polar surface area (TPSA) is 95.9 Å². The van der Waals surface area contributed by atoms with Gasteiger partial charge >= 0.3 is 5.97 Å². The molecule has 7 nitrogen and oxygen atoms in total. The highest BCUT2D eigenvalue weighted by Crippen LogP contribution is 2.30. The molecule has 0 radical (unpaired) electrons. The van der Waals surface area contributed by atoms with Crippen LogP contribution in [-0.2, 0) is 16.0 Å². The SMILES string of the molecule is COc1ccc(C(=O)N[C@@H](Cc2ccccc2)C(=O)N(CCCC(=O)O)C(c2ccccc2)c2ccccc2)cc1. The van der Waals surface area contributed by atoms with Gasteiger partial charge in [0.05, 0.1) is 13.2 Å². The Balaban J connectivity index is 1.73. The zero-order valence-electron chi connectivity index (χ0n) is 23.0. The summed E-state index contributed by atoms with van der Waals surface area (Å²) in [5, 5.41) is 12.3. The Morgan fingerprint density at radius 1 is 0.780 bits per heavy atom. The van der Waals surface area contributed by atoms with Crippen molar-refractivity contribution in [2.45, 2.75) is 31.3 Å². The van der Waals surface area contributed by atoms with Gasteiger partial charge in [0.1, 0.15) is 11.8 Å². The number of carboxylic acids is 1. The van der Waals surface area contributed by atoms with Crippen LogP contribution < -0.4 is 10.1 Å². The quantitative estimate of drug-likeness (QED) is 0.229. The van der Waals surface area contributed by atoms with Gasteiger partial charge in [0.25, 0.3) is 5.91 Å². The van der Waals surface area contributed by atoms with Crippen LogP contribution in [0.5, 0.6) is 5.75 Å². The minimum Gasteiger partial charge on any atom is -0.497 e. The molecular formula is C34H34N2O5. The first-order chi connectivity index (χ1) is 20.0. The maximum absolute atomic E-state index is 14.5. The van der Waals surface area contributed by atoms with Crippen LogP contribution >= 0.6 is 0 Å². The van der Waals surface area contributed by atoms with Crippen molar-refractivity contribution >= 4 is 17.8 Å². The Hall–Kier alpha value is -4.91. The third-order valence-electron chi connectivity index (χ3n) is 6.85. The Labute approximate surface area is 240 Å². The summed E-state index contributed by atoms with van der Waals surface area (Å²) >= 11 is 0. The van der Waals surface area contributed by atoms with Gasteiger partial charge in [-0.1, -0.05) is 91.0 Å². The van der Waals surface area contributed by atoms with Crippen LogP contribution in [0, 0.1) is 0 Å². The molecule has 0 unspecified atom stereocenters. The van der Waals surface area contributed by atoms with E-state index in [9.17, 15) is 19.5 Å². The van der Waals surface area contributed by atoms with Crippen molar-refractivity contribution in [2.75, 3.05) is 13.7 Å². The van der Waals surface area contributed by atoms with E-state index in [4.69, 9.17) is 4.74 Å². The highest BCUT2D eigenvalue weighted by Gasteiger charge is 2.33. The van der Waals surface area contributed by atoms with E-state index in [2.05, 4.69) is 5.32 Å². The number of amides is 2. The molecule has 0 aliphatic heterocycles. The highest BCUT2D eigenvalue weighted by molar-refractivity contribution is 5.97. The zero-order chi connectivity index (χ0) is 29.0. The van der Waals surface area contributed by atoms with Gasteiger partial charge in [-0.2, -0.15) is 0 Å². The zero-order valence-corrected chi connectivity index (χ0v) is 23.0. The molecule has 0 aliphatic carbocycles. The lowest BCUT2D eigenvalue weighted by Crippen LogP contribution is -2.51. The molecule has 4 aromatic carbocycles. The predicted molar refractivity (Wildman–Crippen MR) is 158 cm³/mol. The van der Waals surface area contributed by atoms with Gasteiger partial charge in [-0.15, -0.1) is 0 Å². The summed E-state index contributed by atoms with van der Waals surface area (Å²) in [5.74, 6) is -0.985. The lowest BCUT2D eigenvalue weighted by atomic mass is 9.95. The standard InChI is InChI=1S/C34H34N2O5/c1-41-29-21-19-28(20-22-29)33(39)35-30(24-25-12-5-2-6-13-25)34(40)36(23-11-18-31(37)38)32(26-14-7-3-8-15-26)27-16-9-4-10-17-27/h2-10,12-17,19-22,30,32H,11,18,23-24H2,1H3,(H,35,39)(H,37,38)/t30-/m0/s1. The van der Waals surface area contributed by atoms with Crippen LogP contribution in [-0.4, -0.2) is 47.5 Å². The summed E-state index contributed by atoms with van der Waals surface area (Å²) in [7, 11) is 1.55. The molecule has 4 rings (SSSR count). The van der Waals surface area contributed by atoms with Crippen LogP contribution in [0.2, 0.25) is 0 Å². The molecule has 0 fully saturated rings. The number of aliphatic carboxylic acids is 1. The van der Waals surface area contributed by atoms with Gasteiger partial charge in [-0.05, 0) is 47.4 Å². The fraction of sp³-hybridized carbons (Fsp3) is 0.206. The minimum absolute atomic E-state index is 0.0817. The van der Waals surface area contributed by atoms with Gasteiger partial charge in [0.2, 0.25) is 5.91 Å².